The number of hydrogen-bond donors (Lipinski definition) is 0. The van der Waals surface area contributed by atoms with Crippen LogP contribution in [0.3, 0.4) is 0 Å². The fraction of sp³-hybridized carbons (Fsp3) is 0.538. The number of halogens is 1. The van der Waals surface area contributed by atoms with E-state index in [-0.39, 0.29) is 5.41 Å². The zero-order valence-electron chi connectivity index (χ0n) is 9.51. The van der Waals surface area contributed by atoms with Crippen LogP contribution < -0.4 is 4.74 Å². The van der Waals surface area contributed by atoms with Crippen LogP contribution in [0.5, 0.6) is 5.75 Å². The van der Waals surface area contributed by atoms with Gasteiger partial charge in [-0.3, -0.25) is 0 Å². The minimum atomic E-state index is 0.195. The smallest absolute Gasteiger partial charge is 0.123 e. The molecule has 1 aliphatic heterocycles. The van der Waals surface area contributed by atoms with Gasteiger partial charge >= 0.3 is 0 Å². The normalized spacial score (nSPS) is 19.9. The van der Waals surface area contributed by atoms with Crippen LogP contribution in [-0.2, 0) is 11.8 Å². The van der Waals surface area contributed by atoms with Gasteiger partial charge in [0, 0.05) is 11.8 Å². The highest BCUT2D eigenvalue weighted by Crippen LogP contribution is 2.34. The van der Waals surface area contributed by atoms with Crippen LogP contribution in [0.2, 0.25) is 0 Å². The van der Waals surface area contributed by atoms with E-state index in [0.29, 0.717) is 6.10 Å². The molecule has 1 aromatic carbocycles. The summed E-state index contributed by atoms with van der Waals surface area (Å²) in [4.78, 5) is 0. The molecule has 0 amide bonds. The molecule has 1 aliphatic rings. The van der Waals surface area contributed by atoms with Crippen molar-refractivity contribution in [1.82, 2.24) is 0 Å². The second kappa shape index (κ2) is 3.82. The molecule has 0 saturated heterocycles. The minimum absolute atomic E-state index is 0.195. The molecular weight excluding hydrogens is 252 g/mol. The molecule has 0 radical (unpaired) electrons. The molecule has 1 heterocycles. The summed E-state index contributed by atoms with van der Waals surface area (Å²) in [5.74, 6) is 1.07. The molecule has 2 heteroatoms. The number of hydrogen-bond acceptors (Lipinski definition) is 1. The molecule has 1 unspecified atom stereocenters. The fourth-order valence-corrected chi connectivity index (χ4v) is 2.24. The zero-order valence-corrected chi connectivity index (χ0v) is 11.1. The van der Waals surface area contributed by atoms with Crippen LogP contribution in [0.15, 0.2) is 18.2 Å². The molecule has 1 nitrogen and oxygen atoms in total. The summed E-state index contributed by atoms with van der Waals surface area (Å²) in [6.45, 7) is 6.63. The average molecular weight is 269 g/mol. The van der Waals surface area contributed by atoms with E-state index in [1.54, 1.807) is 0 Å². The molecule has 0 spiro atoms. The van der Waals surface area contributed by atoms with Gasteiger partial charge in [-0.2, -0.15) is 0 Å². The molecule has 0 bridgehead atoms. The van der Waals surface area contributed by atoms with Gasteiger partial charge in [-0.1, -0.05) is 41.9 Å². The Balaban J connectivity index is 2.35. The van der Waals surface area contributed by atoms with Gasteiger partial charge in [-0.25, -0.2) is 0 Å². The number of rotatable bonds is 2. The van der Waals surface area contributed by atoms with Crippen LogP contribution in [0, 0.1) is 0 Å². The second-order valence-corrected chi connectivity index (χ2v) is 5.53. The van der Waals surface area contributed by atoms with Crippen molar-refractivity contribution in [2.24, 2.45) is 0 Å². The molecule has 0 fully saturated rings. The summed E-state index contributed by atoms with van der Waals surface area (Å²) < 4.78 is 5.70. The van der Waals surface area contributed by atoms with Crippen LogP contribution in [0.1, 0.15) is 31.9 Å². The molecule has 0 N–H and O–H groups in total. The van der Waals surface area contributed by atoms with Gasteiger partial charge in [0.2, 0.25) is 0 Å². The van der Waals surface area contributed by atoms with Crippen molar-refractivity contribution in [1.29, 1.82) is 0 Å². The summed E-state index contributed by atoms with van der Waals surface area (Å²) in [6.07, 6.45) is 1.38. The lowest BCUT2D eigenvalue weighted by molar-refractivity contribution is 0.254. The van der Waals surface area contributed by atoms with Gasteiger partial charge in [0.15, 0.2) is 0 Å². The van der Waals surface area contributed by atoms with Gasteiger partial charge in [0.25, 0.3) is 0 Å². The van der Waals surface area contributed by atoms with Crippen molar-refractivity contribution in [3.8, 4) is 5.75 Å². The number of alkyl halides is 1. The first-order chi connectivity index (χ1) is 7.03. The SMILES string of the molecule is CC1Cc2cc(C(C)(C)CBr)ccc2O1. The zero-order chi connectivity index (χ0) is 11.1. The predicted molar refractivity (Wildman–Crippen MR) is 67.1 cm³/mol. The van der Waals surface area contributed by atoms with Crippen molar-refractivity contribution in [3.63, 3.8) is 0 Å². The van der Waals surface area contributed by atoms with Crippen LogP contribution in [0.4, 0.5) is 0 Å². The van der Waals surface area contributed by atoms with Gasteiger partial charge in [-0.05, 0) is 29.5 Å². The van der Waals surface area contributed by atoms with Gasteiger partial charge < -0.3 is 4.74 Å². The monoisotopic (exact) mass is 268 g/mol. The molecular formula is C13H17BrO. The third-order valence-electron chi connectivity index (χ3n) is 3.01. The maximum Gasteiger partial charge on any atom is 0.123 e. The quantitative estimate of drug-likeness (QED) is 0.744. The first kappa shape index (κ1) is 11.0. The first-order valence-corrected chi connectivity index (χ1v) is 6.51. The minimum Gasteiger partial charge on any atom is -0.490 e. The Kier molecular flexibility index (Phi) is 2.80. The topological polar surface area (TPSA) is 9.23 Å². The van der Waals surface area contributed by atoms with E-state index in [9.17, 15) is 0 Å². The van der Waals surface area contributed by atoms with Crippen molar-refractivity contribution in [2.75, 3.05) is 5.33 Å². The van der Waals surface area contributed by atoms with E-state index >= 15 is 0 Å². The maximum absolute atomic E-state index is 5.70. The summed E-state index contributed by atoms with van der Waals surface area (Å²) in [6, 6.07) is 6.58. The van der Waals surface area contributed by atoms with Crippen molar-refractivity contribution in [3.05, 3.63) is 29.3 Å². The molecule has 0 saturated carbocycles. The molecule has 1 aromatic rings. The van der Waals surface area contributed by atoms with Gasteiger partial charge in [0.1, 0.15) is 11.9 Å². The van der Waals surface area contributed by atoms with Crippen LogP contribution in [0.25, 0.3) is 0 Å². The Morgan fingerprint density at radius 1 is 1.47 bits per heavy atom. The second-order valence-electron chi connectivity index (χ2n) is 4.97. The third-order valence-corrected chi connectivity index (χ3v) is 4.41. The lowest BCUT2D eigenvalue weighted by Gasteiger charge is -2.22. The van der Waals surface area contributed by atoms with E-state index in [4.69, 9.17) is 4.74 Å². The summed E-state index contributed by atoms with van der Waals surface area (Å²) >= 11 is 3.57. The summed E-state index contributed by atoms with van der Waals surface area (Å²) in [7, 11) is 0. The fourth-order valence-electron chi connectivity index (χ4n) is 1.92. The molecule has 0 aliphatic carbocycles. The van der Waals surface area contributed by atoms with E-state index in [1.165, 1.54) is 11.1 Å². The van der Waals surface area contributed by atoms with Crippen LogP contribution in [-0.4, -0.2) is 11.4 Å². The van der Waals surface area contributed by atoms with Crippen LogP contribution >= 0.6 is 15.9 Å². The first-order valence-electron chi connectivity index (χ1n) is 5.39. The highest BCUT2D eigenvalue weighted by molar-refractivity contribution is 9.09. The number of ether oxygens (including phenoxy) is 1. The number of benzene rings is 1. The summed E-state index contributed by atoms with van der Waals surface area (Å²) in [5, 5.41) is 0.981. The standard InChI is InChI=1S/C13H17BrO/c1-9-6-10-7-11(13(2,3)8-14)4-5-12(10)15-9/h4-5,7,9H,6,8H2,1-3H3. The third kappa shape index (κ3) is 2.05. The molecule has 1 atom stereocenters. The van der Waals surface area contributed by atoms with E-state index in [0.717, 1.165) is 17.5 Å². The predicted octanol–water partition coefficient (Wildman–Crippen LogP) is 3.68. The lowest BCUT2D eigenvalue weighted by atomic mass is 9.86. The highest BCUT2D eigenvalue weighted by atomic mass is 79.9. The largest absolute Gasteiger partial charge is 0.490 e. The molecule has 15 heavy (non-hydrogen) atoms. The van der Waals surface area contributed by atoms with Crippen molar-refractivity contribution in [2.45, 2.75) is 38.7 Å². The Bertz CT molecular complexity index is 371. The van der Waals surface area contributed by atoms with E-state index in [2.05, 4.69) is 54.9 Å². The highest BCUT2D eigenvalue weighted by Gasteiger charge is 2.24. The Morgan fingerprint density at radius 3 is 2.87 bits per heavy atom. The molecule has 2 rings (SSSR count). The Labute approximate surface area is 100.0 Å². The lowest BCUT2D eigenvalue weighted by Crippen LogP contribution is -2.18. The van der Waals surface area contributed by atoms with E-state index in [1.807, 2.05) is 0 Å². The van der Waals surface area contributed by atoms with Crippen molar-refractivity contribution >= 4 is 15.9 Å². The Hall–Kier alpha value is -0.500. The summed E-state index contributed by atoms with van der Waals surface area (Å²) in [5.41, 5.74) is 2.94. The van der Waals surface area contributed by atoms with Gasteiger partial charge in [-0.15, -0.1) is 0 Å². The van der Waals surface area contributed by atoms with Gasteiger partial charge in [0.05, 0.1) is 0 Å². The van der Waals surface area contributed by atoms with E-state index < -0.39 is 0 Å². The number of fused-ring (bicyclic) bond motifs is 1. The van der Waals surface area contributed by atoms with Crippen molar-refractivity contribution < 1.29 is 4.74 Å². The average Bonchev–Trinajstić information content (AvgIpc) is 2.56. The Morgan fingerprint density at radius 2 is 2.20 bits per heavy atom. The molecule has 82 valence electrons. The maximum atomic E-state index is 5.70. The molecule has 0 aromatic heterocycles.